The van der Waals surface area contributed by atoms with Crippen molar-refractivity contribution in [1.29, 1.82) is 0 Å². The summed E-state index contributed by atoms with van der Waals surface area (Å²) in [5.74, 6) is -0.566. The van der Waals surface area contributed by atoms with Crippen LogP contribution in [0, 0.1) is 30.6 Å². The molecule has 1 saturated carbocycles. The van der Waals surface area contributed by atoms with E-state index in [1.54, 1.807) is 23.1 Å². The molecule has 156 valence electrons. The molecule has 0 unspecified atom stereocenters. The quantitative estimate of drug-likeness (QED) is 0.596. The number of carbonyl (C=O) groups is 1. The number of nitrogens with zero attached hydrogens (tertiary/aromatic N) is 6. The van der Waals surface area contributed by atoms with Gasteiger partial charge in [0.2, 0.25) is 11.9 Å². The zero-order valence-corrected chi connectivity index (χ0v) is 16.6. The highest BCUT2D eigenvalue weighted by molar-refractivity contribution is 5.79. The number of rotatable bonds is 5. The van der Waals surface area contributed by atoms with Crippen LogP contribution in [0.2, 0.25) is 0 Å². The van der Waals surface area contributed by atoms with E-state index >= 15 is 0 Å². The molecule has 10 nitrogen and oxygen atoms in total. The van der Waals surface area contributed by atoms with Gasteiger partial charge in [0.15, 0.2) is 0 Å². The van der Waals surface area contributed by atoms with Crippen LogP contribution in [-0.2, 0) is 11.3 Å². The summed E-state index contributed by atoms with van der Waals surface area (Å²) in [4.78, 5) is 23.6. The van der Waals surface area contributed by atoms with E-state index in [9.17, 15) is 15.0 Å². The van der Waals surface area contributed by atoms with Gasteiger partial charge in [0.25, 0.3) is 0 Å². The van der Waals surface area contributed by atoms with Crippen molar-refractivity contribution in [2.24, 2.45) is 23.7 Å². The van der Waals surface area contributed by atoms with Crippen molar-refractivity contribution in [3.8, 4) is 0 Å². The number of anilines is 1. The smallest absolute Gasteiger partial charge is 0.225 e. The standard InChI is InChI=1S/C19H27N7O3/c1-11-8-26(24-23-11)7-6-20-18(29)15-12(2)16(27)17(28)14-10-25(9-13(14)15)19-21-4-3-5-22-19/h3-5,8,12-17,27-28H,6-7,9-10H2,1-2H3,(H,20,29)/t12-,13+,14+,15+,16+,17+/m1/s1. The molecule has 2 fully saturated rings. The van der Waals surface area contributed by atoms with E-state index in [4.69, 9.17) is 0 Å². The Hall–Kier alpha value is -2.59. The first-order valence-corrected chi connectivity index (χ1v) is 9.98. The molecule has 3 N–H and O–H groups in total. The minimum absolute atomic E-state index is 0.0826. The van der Waals surface area contributed by atoms with Gasteiger partial charge in [-0.1, -0.05) is 12.1 Å². The summed E-state index contributed by atoms with van der Waals surface area (Å²) in [7, 11) is 0. The lowest BCUT2D eigenvalue weighted by Crippen LogP contribution is -2.55. The molecule has 3 heterocycles. The Morgan fingerprint density at radius 3 is 2.62 bits per heavy atom. The Labute approximate surface area is 169 Å². The zero-order chi connectivity index (χ0) is 20.5. The number of amides is 1. The highest BCUT2D eigenvalue weighted by Gasteiger charge is 2.54. The maximum Gasteiger partial charge on any atom is 0.225 e. The highest BCUT2D eigenvalue weighted by atomic mass is 16.3. The summed E-state index contributed by atoms with van der Waals surface area (Å²) in [6.45, 7) is 5.73. The number of fused-ring (bicyclic) bond motifs is 1. The van der Waals surface area contributed by atoms with E-state index in [1.807, 2.05) is 24.9 Å². The molecule has 0 aromatic carbocycles. The fraction of sp³-hybridized carbons (Fsp3) is 0.632. The van der Waals surface area contributed by atoms with Crippen molar-refractivity contribution in [1.82, 2.24) is 30.3 Å². The summed E-state index contributed by atoms with van der Waals surface area (Å²) < 4.78 is 1.69. The molecular weight excluding hydrogens is 374 g/mol. The first-order valence-electron chi connectivity index (χ1n) is 9.98. The Bertz CT molecular complexity index is 845. The van der Waals surface area contributed by atoms with Gasteiger partial charge >= 0.3 is 0 Å². The fourth-order valence-corrected chi connectivity index (χ4v) is 4.73. The van der Waals surface area contributed by atoms with Crippen LogP contribution in [-0.4, -0.2) is 72.9 Å². The van der Waals surface area contributed by atoms with Gasteiger partial charge in [0.05, 0.1) is 24.4 Å². The lowest BCUT2D eigenvalue weighted by atomic mass is 9.65. The number of carbonyl (C=O) groups excluding carboxylic acids is 1. The van der Waals surface area contributed by atoms with Crippen molar-refractivity contribution in [3.63, 3.8) is 0 Å². The highest BCUT2D eigenvalue weighted by Crippen LogP contribution is 2.44. The van der Waals surface area contributed by atoms with E-state index in [-0.39, 0.29) is 23.7 Å². The number of nitrogens with one attached hydrogen (secondary N) is 1. The van der Waals surface area contributed by atoms with Crippen molar-refractivity contribution in [2.75, 3.05) is 24.5 Å². The van der Waals surface area contributed by atoms with Gasteiger partial charge in [-0.2, -0.15) is 0 Å². The van der Waals surface area contributed by atoms with Crippen molar-refractivity contribution in [2.45, 2.75) is 32.6 Å². The molecule has 0 bridgehead atoms. The van der Waals surface area contributed by atoms with Crippen LogP contribution in [0.25, 0.3) is 0 Å². The van der Waals surface area contributed by atoms with E-state index in [2.05, 4.69) is 25.6 Å². The van der Waals surface area contributed by atoms with Crippen LogP contribution in [0.3, 0.4) is 0 Å². The summed E-state index contributed by atoms with van der Waals surface area (Å²) in [6.07, 6.45) is 3.36. The topological polar surface area (TPSA) is 129 Å². The predicted molar refractivity (Wildman–Crippen MR) is 104 cm³/mol. The van der Waals surface area contributed by atoms with E-state index < -0.39 is 18.1 Å². The Balaban J connectivity index is 1.46. The molecule has 1 amide bonds. The first-order chi connectivity index (χ1) is 14.0. The molecule has 4 rings (SSSR count). The van der Waals surface area contributed by atoms with Crippen LogP contribution in [0.1, 0.15) is 12.6 Å². The maximum atomic E-state index is 13.0. The molecule has 1 aliphatic heterocycles. The van der Waals surface area contributed by atoms with Gasteiger partial charge in [0.1, 0.15) is 0 Å². The Morgan fingerprint density at radius 1 is 1.21 bits per heavy atom. The zero-order valence-electron chi connectivity index (χ0n) is 16.6. The SMILES string of the molecule is Cc1cn(CCNC(=O)[C@H]2[C@@H](C)[C@H](O)[C@@H](O)[C@H]3CN(c4ncccn4)C[C@@H]32)nn1. The van der Waals surface area contributed by atoms with Crippen LogP contribution in [0.15, 0.2) is 24.7 Å². The number of aromatic nitrogens is 5. The predicted octanol–water partition coefficient (Wildman–Crippen LogP) is -0.767. The van der Waals surface area contributed by atoms with Gasteiger partial charge < -0.3 is 20.4 Å². The van der Waals surface area contributed by atoms with E-state index in [0.717, 1.165) is 5.69 Å². The van der Waals surface area contributed by atoms with Crippen molar-refractivity contribution < 1.29 is 15.0 Å². The fourth-order valence-electron chi connectivity index (χ4n) is 4.73. The minimum atomic E-state index is -0.943. The lowest BCUT2D eigenvalue weighted by molar-refractivity contribution is -0.145. The third kappa shape index (κ3) is 3.82. The van der Waals surface area contributed by atoms with E-state index in [0.29, 0.717) is 32.1 Å². The summed E-state index contributed by atoms with van der Waals surface area (Å²) >= 11 is 0. The Kier molecular flexibility index (Phi) is 5.46. The number of hydrogen-bond acceptors (Lipinski definition) is 8. The minimum Gasteiger partial charge on any atom is -0.390 e. The molecule has 6 atom stereocenters. The molecule has 0 spiro atoms. The van der Waals surface area contributed by atoms with Crippen LogP contribution < -0.4 is 10.2 Å². The molecule has 1 saturated heterocycles. The third-order valence-corrected chi connectivity index (χ3v) is 6.20. The van der Waals surface area contributed by atoms with Crippen molar-refractivity contribution in [3.05, 3.63) is 30.4 Å². The second kappa shape index (κ2) is 8.03. The van der Waals surface area contributed by atoms with Crippen LogP contribution >= 0.6 is 0 Å². The first kappa shape index (κ1) is 19.7. The average Bonchev–Trinajstić information content (AvgIpc) is 3.34. The summed E-state index contributed by atoms with van der Waals surface area (Å²) in [6, 6.07) is 1.75. The second-order valence-electron chi connectivity index (χ2n) is 8.06. The molecule has 29 heavy (non-hydrogen) atoms. The number of aliphatic hydroxyl groups excluding tert-OH is 2. The molecule has 10 heteroatoms. The van der Waals surface area contributed by atoms with Crippen molar-refractivity contribution >= 4 is 11.9 Å². The van der Waals surface area contributed by atoms with Crippen LogP contribution in [0.5, 0.6) is 0 Å². The molecule has 2 aromatic rings. The lowest BCUT2D eigenvalue weighted by Gasteiger charge is -2.43. The summed E-state index contributed by atoms with van der Waals surface area (Å²) in [5, 5.41) is 32.1. The average molecular weight is 401 g/mol. The van der Waals surface area contributed by atoms with Gasteiger partial charge in [-0.25, -0.2) is 9.97 Å². The second-order valence-corrected chi connectivity index (χ2v) is 8.06. The molecule has 1 aliphatic carbocycles. The normalized spacial score (nSPS) is 31.5. The van der Waals surface area contributed by atoms with Gasteiger partial charge in [-0.05, 0) is 24.8 Å². The van der Waals surface area contributed by atoms with Crippen LogP contribution in [0.4, 0.5) is 5.95 Å². The number of hydrogen-bond donors (Lipinski definition) is 3. The number of aliphatic hydroxyl groups is 2. The van der Waals surface area contributed by atoms with E-state index in [1.165, 1.54) is 0 Å². The molecular formula is C19H27N7O3. The molecule has 0 radical (unpaired) electrons. The molecule has 2 aliphatic rings. The Morgan fingerprint density at radius 2 is 1.93 bits per heavy atom. The maximum absolute atomic E-state index is 13.0. The van der Waals surface area contributed by atoms with Gasteiger partial charge in [0, 0.05) is 50.1 Å². The third-order valence-electron chi connectivity index (χ3n) is 6.20. The largest absolute Gasteiger partial charge is 0.390 e. The summed E-state index contributed by atoms with van der Waals surface area (Å²) in [5.41, 5.74) is 0.825. The van der Waals surface area contributed by atoms with Gasteiger partial charge in [-0.3, -0.25) is 9.48 Å². The molecule has 2 aromatic heterocycles. The van der Waals surface area contributed by atoms with Gasteiger partial charge in [-0.15, -0.1) is 5.10 Å². The monoisotopic (exact) mass is 401 g/mol. The number of aryl methyl sites for hydroxylation is 1.